The Morgan fingerprint density at radius 3 is 2.57 bits per heavy atom. The Kier molecular flexibility index (Phi) is 3.35. The molecule has 3 nitrogen and oxygen atoms in total. The summed E-state index contributed by atoms with van der Waals surface area (Å²) < 4.78 is 13.9. The first-order chi connectivity index (χ1) is 11.3. The summed E-state index contributed by atoms with van der Waals surface area (Å²) in [6, 6.07) is 18.7. The maximum Gasteiger partial charge on any atom is 0.177 e. The number of halogens is 1. The summed E-state index contributed by atoms with van der Waals surface area (Å²) in [6.07, 6.45) is 2.38. The molecule has 2 aromatic heterocycles. The van der Waals surface area contributed by atoms with Crippen molar-refractivity contribution in [1.29, 1.82) is 0 Å². The average Bonchev–Trinajstić information content (AvgIpc) is 2.97. The Balaban J connectivity index is 1.71. The van der Waals surface area contributed by atoms with E-state index in [1.165, 1.54) is 11.6 Å². The van der Waals surface area contributed by atoms with Gasteiger partial charge in [0.25, 0.3) is 0 Å². The minimum absolute atomic E-state index is 0.252. The van der Waals surface area contributed by atoms with Crippen LogP contribution >= 0.6 is 0 Å². The molecule has 1 N–H and O–H groups in total. The van der Waals surface area contributed by atoms with Gasteiger partial charge in [0.1, 0.15) is 11.6 Å². The van der Waals surface area contributed by atoms with Gasteiger partial charge in [-0.15, -0.1) is 0 Å². The second-order valence-corrected chi connectivity index (χ2v) is 5.42. The Hall–Kier alpha value is -3.01. The van der Waals surface area contributed by atoms with Crippen molar-refractivity contribution < 1.29 is 4.39 Å². The molecule has 2 heterocycles. The molecule has 0 saturated heterocycles. The van der Waals surface area contributed by atoms with Gasteiger partial charge in [0.15, 0.2) is 5.65 Å². The number of H-pyrrole nitrogens is 1. The summed E-state index contributed by atoms with van der Waals surface area (Å²) in [4.78, 5) is 12.1. The predicted octanol–water partition coefficient (Wildman–Crippen LogP) is 4.35. The van der Waals surface area contributed by atoms with Crippen LogP contribution in [0, 0.1) is 5.82 Å². The number of aromatic amines is 1. The van der Waals surface area contributed by atoms with Crippen LogP contribution in [-0.4, -0.2) is 15.0 Å². The topological polar surface area (TPSA) is 41.6 Å². The zero-order chi connectivity index (χ0) is 15.6. The van der Waals surface area contributed by atoms with Crippen LogP contribution in [-0.2, 0) is 6.42 Å². The zero-order valence-corrected chi connectivity index (χ0v) is 12.3. The van der Waals surface area contributed by atoms with Crippen LogP contribution in [0.3, 0.4) is 0 Å². The largest absolute Gasteiger partial charge is 0.340 e. The molecule has 4 rings (SSSR count). The fourth-order valence-electron chi connectivity index (χ4n) is 2.67. The van der Waals surface area contributed by atoms with Gasteiger partial charge in [-0.3, -0.25) is 0 Å². The van der Waals surface area contributed by atoms with Gasteiger partial charge < -0.3 is 4.98 Å². The molecular weight excluding hydrogens is 289 g/mol. The maximum atomic E-state index is 13.9. The van der Waals surface area contributed by atoms with Gasteiger partial charge in [0, 0.05) is 23.7 Å². The molecule has 0 fully saturated rings. The Morgan fingerprint density at radius 2 is 1.74 bits per heavy atom. The predicted molar refractivity (Wildman–Crippen MR) is 88.5 cm³/mol. The van der Waals surface area contributed by atoms with E-state index in [2.05, 4.69) is 27.1 Å². The number of nitrogens with zero attached hydrogens (tertiary/aromatic N) is 2. The van der Waals surface area contributed by atoms with Crippen molar-refractivity contribution in [3.05, 3.63) is 84.1 Å². The lowest BCUT2D eigenvalue weighted by Crippen LogP contribution is -1.89. The standard InChI is InChI=1S/C19H14FN3/c20-16-9-5-4-8-15(16)14-11-17-19(21-12-14)23-18(22-17)10-13-6-2-1-3-7-13/h1-9,11-12H,10H2,(H,21,22,23). The number of imidazole rings is 1. The monoisotopic (exact) mass is 303 g/mol. The Morgan fingerprint density at radius 1 is 0.957 bits per heavy atom. The number of benzene rings is 2. The highest BCUT2D eigenvalue weighted by Gasteiger charge is 2.09. The third-order valence-electron chi connectivity index (χ3n) is 3.79. The van der Waals surface area contributed by atoms with E-state index in [1.807, 2.05) is 30.3 Å². The van der Waals surface area contributed by atoms with Gasteiger partial charge in [-0.1, -0.05) is 48.5 Å². The van der Waals surface area contributed by atoms with E-state index in [1.54, 1.807) is 18.3 Å². The zero-order valence-electron chi connectivity index (χ0n) is 12.3. The Labute approximate surface area is 132 Å². The molecule has 23 heavy (non-hydrogen) atoms. The van der Waals surface area contributed by atoms with Crippen molar-refractivity contribution in [3.63, 3.8) is 0 Å². The molecule has 0 amide bonds. The van der Waals surface area contributed by atoms with E-state index in [-0.39, 0.29) is 5.82 Å². The van der Waals surface area contributed by atoms with Crippen molar-refractivity contribution in [2.45, 2.75) is 6.42 Å². The molecule has 0 atom stereocenters. The van der Waals surface area contributed by atoms with E-state index in [0.717, 1.165) is 16.9 Å². The van der Waals surface area contributed by atoms with Crippen LogP contribution in [0.1, 0.15) is 11.4 Å². The molecule has 2 aromatic carbocycles. The van der Waals surface area contributed by atoms with E-state index in [9.17, 15) is 4.39 Å². The Bertz CT molecular complexity index is 961. The average molecular weight is 303 g/mol. The van der Waals surface area contributed by atoms with Crippen LogP contribution in [0.5, 0.6) is 0 Å². The smallest absolute Gasteiger partial charge is 0.177 e. The summed E-state index contributed by atoms with van der Waals surface area (Å²) in [6.45, 7) is 0. The van der Waals surface area contributed by atoms with E-state index in [4.69, 9.17) is 0 Å². The minimum Gasteiger partial charge on any atom is -0.340 e. The number of hydrogen-bond donors (Lipinski definition) is 1. The highest BCUT2D eigenvalue weighted by molar-refractivity contribution is 5.78. The molecule has 0 bridgehead atoms. The highest BCUT2D eigenvalue weighted by Crippen LogP contribution is 2.24. The third-order valence-corrected chi connectivity index (χ3v) is 3.79. The summed E-state index contributed by atoms with van der Waals surface area (Å²) in [5.74, 6) is 0.599. The molecular formula is C19H14FN3. The fourth-order valence-corrected chi connectivity index (χ4v) is 2.67. The lowest BCUT2D eigenvalue weighted by atomic mass is 10.1. The quantitative estimate of drug-likeness (QED) is 0.611. The van der Waals surface area contributed by atoms with Crippen LogP contribution in [0.4, 0.5) is 4.39 Å². The number of nitrogens with one attached hydrogen (secondary N) is 1. The molecule has 0 aliphatic heterocycles. The van der Waals surface area contributed by atoms with Gasteiger partial charge in [0.2, 0.25) is 0 Å². The third kappa shape index (κ3) is 2.71. The molecule has 0 aliphatic carbocycles. The number of hydrogen-bond acceptors (Lipinski definition) is 2. The van der Waals surface area contributed by atoms with Crippen molar-refractivity contribution in [1.82, 2.24) is 15.0 Å². The number of fused-ring (bicyclic) bond motifs is 1. The minimum atomic E-state index is -0.252. The van der Waals surface area contributed by atoms with Gasteiger partial charge in [-0.05, 0) is 17.7 Å². The molecule has 112 valence electrons. The molecule has 0 radical (unpaired) electrons. The summed E-state index contributed by atoms with van der Waals surface area (Å²) in [5.41, 5.74) is 3.93. The van der Waals surface area contributed by atoms with Crippen molar-refractivity contribution in [2.75, 3.05) is 0 Å². The second kappa shape index (κ2) is 5.65. The van der Waals surface area contributed by atoms with Crippen molar-refractivity contribution in [2.24, 2.45) is 0 Å². The van der Waals surface area contributed by atoms with Crippen LogP contribution in [0.15, 0.2) is 66.9 Å². The molecule has 4 heteroatoms. The number of rotatable bonds is 3. The van der Waals surface area contributed by atoms with E-state index >= 15 is 0 Å². The lowest BCUT2D eigenvalue weighted by molar-refractivity contribution is 0.631. The van der Waals surface area contributed by atoms with Crippen LogP contribution in [0.2, 0.25) is 0 Å². The molecule has 0 saturated carbocycles. The molecule has 4 aromatic rings. The first-order valence-electron chi connectivity index (χ1n) is 7.43. The first kappa shape index (κ1) is 13.6. The molecule has 0 unspecified atom stereocenters. The first-order valence-corrected chi connectivity index (χ1v) is 7.43. The van der Waals surface area contributed by atoms with E-state index < -0.39 is 0 Å². The number of pyridine rings is 1. The van der Waals surface area contributed by atoms with Gasteiger partial charge in [0.05, 0.1) is 5.52 Å². The SMILES string of the molecule is Fc1ccccc1-c1cnc2nc(Cc3ccccc3)[nH]c2c1. The van der Waals surface area contributed by atoms with Gasteiger partial charge >= 0.3 is 0 Å². The van der Waals surface area contributed by atoms with Gasteiger partial charge in [-0.25, -0.2) is 14.4 Å². The number of aromatic nitrogens is 3. The second-order valence-electron chi connectivity index (χ2n) is 5.42. The maximum absolute atomic E-state index is 13.9. The molecule has 0 aliphatic rings. The summed E-state index contributed by atoms with van der Waals surface area (Å²) in [5, 5.41) is 0. The summed E-state index contributed by atoms with van der Waals surface area (Å²) >= 11 is 0. The van der Waals surface area contributed by atoms with Gasteiger partial charge in [-0.2, -0.15) is 0 Å². The normalized spacial score (nSPS) is 11.0. The van der Waals surface area contributed by atoms with Crippen LogP contribution in [0.25, 0.3) is 22.3 Å². The van der Waals surface area contributed by atoms with Crippen molar-refractivity contribution in [3.8, 4) is 11.1 Å². The molecule has 0 spiro atoms. The highest BCUT2D eigenvalue weighted by atomic mass is 19.1. The summed E-state index contributed by atoms with van der Waals surface area (Å²) in [7, 11) is 0. The van der Waals surface area contributed by atoms with Crippen molar-refractivity contribution >= 4 is 11.2 Å². The van der Waals surface area contributed by atoms with E-state index in [0.29, 0.717) is 17.6 Å². The van der Waals surface area contributed by atoms with Crippen LogP contribution < -0.4 is 0 Å². The fraction of sp³-hybridized carbons (Fsp3) is 0.0526. The lowest BCUT2D eigenvalue weighted by Gasteiger charge is -2.02.